The van der Waals surface area contributed by atoms with Crippen LogP contribution in [0.25, 0.3) is 5.76 Å². The fourth-order valence-corrected chi connectivity index (χ4v) is 6.86. The first-order chi connectivity index (χ1) is 19.2. The second kappa shape index (κ2) is 11.6. The number of halogens is 2. The summed E-state index contributed by atoms with van der Waals surface area (Å²) in [5.74, 6) is -0.790. The Balaban J connectivity index is 1.57. The van der Waals surface area contributed by atoms with Gasteiger partial charge in [-0.3, -0.25) is 14.5 Å². The van der Waals surface area contributed by atoms with E-state index in [1.54, 1.807) is 42.5 Å². The summed E-state index contributed by atoms with van der Waals surface area (Å²) in [6, 6.07) is 17.0. The van der Waals surface area contributed by atoms with Crippen molar-refractivity contribution in [2.45, 2.75) is 30.0 Å². The number of carbonyl (C=O) groups is 2. The molecule has 0 saturated carbocycles. The fraction of sp³-hybridized carbons (Fsp3) is 0.172. The van der Waals surface area contributed by atoms with Crippen LogP contribution >= 0.6 is 46.3 Å². The number of aliphatic hydroxyl groups is 1. The number of nitrogens with zero attached hydrogens (tertiary/aromatic N) is 3. The van der Waals surface area contributed by atoms with E-state index in [9.17, 15) is 14.7 Å². The van der Waals surface area contributed by atoms with Crippen molar-refractivity contribution < 1.29 is 19.4 Å². The Labute approximate surface area is 249 Å². The van der Waals surface area contributed by atoms with Gasteiger partial charge in [-0.2, -0.15) is 0 Å². The normalized spacial score (nSPS) is 16.5. The van der Waals surface area contributed by atoms with Crippen LogP contribution in [-0.4, -0.2) is 34.1 Å². The van der Waals surface area contributed by atoms with Gasteiger partial charge in [-0.25, -0.2) is 0 Å². The van der Waals surface area contributed by atoms with Gasteiger partial charge in [0.1, 0.15) is 11.5 Å². The lowest BCUT2D eigenvalue weighted by Gasteiger charge is -2.23. The Bertz CT molecular complexity index is 1670. The van der Waals surface area contributed by atoms with Crippen LogP contribution in [-0.2, 0) is 15.3 Å². The zero-order chi connectivity index (χ0) is 28.6. The molecule has 1 aromatic heterocycles. The first kappa shape index (κ1) is 28.2. The van der Waals surface area contributed by atoms with Crippen molar-refractivity contribution in [3.8, 4) is 5.75 Å². The van der Waals surface area contributed by atoms with Crippen molar-refractivity contribution in [2.75, 3.05) is 12.0 Å². The molecule has 1 atom stereocenters. The Morgan fingerprint density at radius 2 is 1.88 bits per heavy atom. The van der Waals surface area contributed by atoms with Crippen LogP contribution in [0, 0.1) is 13.8 Å². The van der Waals surface area contributed by atoms with E-state index in [1.807, 2.05) is 32.0 Å². The third kappa shape index (κ3) is 5.47. The van der Waals surface area contributed by atoms with E-state index in [2.05, 4.69) is 10.2 Å². The summed E-state index contributed by atoms with van der Waals surface area (Å²) >= 11 is 14.9. The van der Waals surface area contributed by atoms with E-state index in [0.717, 1.165) is 16.7 Å². The molecule has 0 bridgehead atoms. The molecule has 7 nitrogen and oxygen atoms in total. The van der Waals surface area contributed by atoms with Gasteiger partial charge >= 0.3 is 5.91 Å². The fourth-order valence-electron chi connectivity index (χ4n) is 4.43. The molecule has 5 rings (SSSR count). The average Bonchev–Trinajstić information content (AvgIpc) is 3.51. The van der Waals surface area contributed by atoms with Gasteiger partial charge in [0.15, 0.2) is 4.34 Å². The number of benzene rings is 3. The quantitative estimate of drug-likeness (QED) is 0.0765. The minimum atomic E-state index is -0.938. The number of aryl methyl sites for hydroxylation is 2. The molecule has 4 aromatic rings. The summed E-state index contributed by atoms with van der Waals surface area (Å²) in [5, 5.41) is 21.3. The molecule has 1 aliphatic rings. The van der Waals surface area contributed by atoms with Crippen LogP contribution in [0.4, 0.5) is 5.13 Å². The number of rotatable bonds is 7. The summed E-state index contributed by atoms with van der Waals surface area (Å²) in [5.41, 5.74) is 3.60. The number of Topliss-reactive ketones (excluding diaryl/α,β-unsaturated/α-hetero) is 1. The highest BCUT2D eigenvalue weighted by Gasteiger charge is 2.48. The van der Waals surface area contributed by atoms with Crippen molar-refractivity contribution in [3.05, 3.63) is 104 Å². The van der Waals surface area contributed by atoms with Crippen molar-refractivity contribution in [1.82, 2.24) is 10.2 Å². The highest BCUT2D eigenvalue weighted by Crippen LogP contribution is 2.45. The standard InChI is InChI=1S/C29H23Cl2N3O4S2/c1-15-7-8-16(2)21(11-15)25(35)23-24(17-5-4-6-20(12-17)38-3)34(27(37)26(23)36)28-32-33-29(40-28)39-14-18-9-10-19(30)13-22(18)31/h4-13,24,35H,14H2,1-3H3. The van der Waals surface area contributed by atoms with Crippen molar-refractivity contribution in [3.63, 3.8) is 0 Å². The number of ether oxygens (including phenoxy) is 1. The van der Waals surface area contributed by atoms with Gasteiger partial charge in [0.2, 0.25) is 5.13 Å². The second-order valence-electron chi connectivity index (χ2n) is 9.14. The van der Waals surface area contributed by atoms with E-state index in [1.165, 1.54) is 35.1 Å². The smallest absolute Gasteiger partial charge is 0.301 e. The van der Waals surface area contributed by atoms with Gasteiger partial charge < -0.3 is 9.84 Å². The van der Waals surface area contributed by atoms with Gasteiger partial charge in [0.05, 0.1) is 18.7 Å². The molecular weight excluding hydrogens is 589 g/mol. The van der Waals surface area contributed by atoms with Crippen LogP contribution < -0.4 is 9.64 Å². The largest absolute Gasteiger partial charge is 0.507 e. The number of aliphatic hydroxyl groups excluding tert-OH is 1. The van der Waals surface area contributed by atoms with E-state index >= 15 is 0 Å². The minimum Gasteiger partial charge on any atom is -0.507 e. The number of methoxy groups -OCH3 is 1. The highest BCUT2D eigenvalue weighted by molar-refractivity contribution is 8.00. The van der Waals surface area contributed by atoms with Crippen molar-refractivity contribution in [1.29, 1.82) is 0 Å². The lowest BCUT2D eigenvalue weighted by Crippen LogP contribution is -2.29. The summed E-state index contributed by atoms with van der Waals surface area (Å²) in [4.78, 5) is 28.3. The third-order valence-corrected chi connectivity index (χ3v) is 9.16. The predicted molar refractivity (Wildman–Crippen MR) is 160 cm³/mol. The zero-order valence-corrected chi connectivity index (χ0v) is 24.8. The number of aromatic nitrogens is 2. The highest BCUT2D eigenvalue weighted by atomic mass is 35.5. The second-order valence-corrected chi connectivity index (χ2v) is 12.2. The lowest BCUT2D eigenvalue weighted by molar-refractivity contribution is -0.132. The first-order valence-corrected chi connectivity index (χ1v) is 14.7. The molecule has 0 spiro atoms. The van der Waals surface area contributed by atoms with Crippen LogP contribution in [0.15, 0.2) is 70.6 Å². The molecule has 3 aromatic carbocycles. The zero-order valence-electron chi connectivity index (χ0n) is 21.6. The maximum atomic E-state index is 13.5. The Morgan fingerprint density at radius 3 is 2.62 bits per heavy atom. The molecule has 1 aliphatic heterocycles. The summed E-state index contributed by atoms with van der Waals surface area (Å²) in [6.45, 7) is 3.73. The average molecular weight is 613 g/mol. The van der Waals surface area contributed by atoms with Gasteiger partial charge in [-0.15, -0.1) is 10.2 Å². The molecule has 11 heteroatoms. The number of ketones is 1. The molecule has 40 heavy (non-hydrogen) atoms. The van der Waals surface area contributed by atoms with E-state index in [4.69, 9.17) is 27.9 Å². The van der Waals surface area contributed by atoms with Crippen molar-refractivity contribution in [2.24, 2.45) is 0 Å². The molecule has 0 radical (unpaired) electrons. The van der Waals surface area contributed by atoms with Crippen LogP contribution in [0.5, 0.6) is 5.75 Å². The first-order valence-electron chi connectivity index (χ1n) is 12.1. The van der Waals surface area contributed by atoms with Gasteiger partial charge in [0.25, 0.3) is 5.78 Å². The molecule has 1 saturated heterocycles. The topological polar surface area (TPSA) is 92.6 Å². The van der Waals surface area contributed by atoms with Crippen molar-refractivity contribution >= 4 is 68.9 Å². The Kier molecular flexibility index (Phi) is 8.19. The molecular formula is C29H23Cl2N3O4S2. The lowest BCUT2D eigenvalue weighted by atomic mass is 9.93. The van der Waals surface area contributed by atoms with Crippen LogP contribution in [0.3, 0.4) is 0 Å². The third-order valence-electron chi connectivity index (χ3n) is 6.47. The molecule has 1 unspecified atom stereocenters. The van der Waals surface area contributed by atoms with E-state index in [-0.39, 0.29) is 16.5 Å². The Hall–Kier alpha value is -3.37. The number of hydrogen-bond acceptors (Lipinski definition) is 8. The predicted octanol–water partition coefficient (Wildman–Crippen LogP) is 7.39. The van der Waals surface area contributed by atoms with Gasteiger partial charge in [-0.05, 0) is 60.9 Å². The molecule has 1 amide bonds. The monoisotopic (exact) mass is 611 g/mol. The number of hydrogen-bond donors (Lipinski definition) is 1. The number of anilines is 1. The number of amides is 1. The van der Waals surface area contributed by atoms with E-state index < -0.39 is 17.7 Å². The van der Waals surface area contributed by atoms with E-state index in [0.29, 0.717) is 37.0 Å². The molecule has 204 valence electrons. The number of thioether (sulfide) groups is 1. The molecule has 0 aliphatic carbocycles. The molecule has 2 heterocycles. The van der Waals surface area contributed by atoms with Gasteiger partial charge in [0, 0.05) is 21.4 Å². The Morgan fingerprint density at radius 1 is 1.07 bits per heavy atom. The SMILES string of the molecule is COc1cccc(C2C(=C(O)c3cc(C)ccc3C)C(=O)C(=O)N2c2nnc(SCc3ccc(Cl)cc3Cl)s2)c1. The van der Waals surface area contributed by atoms with Crippen LogP contribution in [0.2, 0.25) is 10.0 Å². The summed E-state index contributed by atoms with van der Waals surface area (Å²) in [7, 11) is 1.54. The minimum absolute atomic E-state index is 0.0238. The summed E-state index contributed by atoms with van der Waals surface area (Å²) in [6.07, 6.45) is 0. The molecule has 1 fully saturated rings. The maximum Gasteiger partial charge on any atom is 0.301 e. The van der Waals surface area contributed by atoms with Gasteiger partial charge in [-0.1, -0.05) is 82.2 Å². The number of carbonyl (C=O) groups excluding carboxylic acids is 2. The van der Waals surface area contributed by atoms with Crippen LogP contribution in [0.1, 0.15) is 33.9 Å². The maximum absolute atomic E-state index is 13.5. The molecule has 1 N–H and O–H groups in total. The summed E-state index contributed by atoms with van der Waals surface area (Å²) < 4.78 is 5.99.